The summed E-state index contributed by atoms with van der Waals surface area (Å²) in [7, 11) is 2.00. The second kappa shape index (κ2) is 4.42. The molecule has 4 rings (SSSR count). The lowest BCUT2D eigenvalue weighted by molar-refractivity contribution is 0.426. The Morgan fingerprint density at radius 3 is 3.00 bits per heavy atom. The summed E-state index contributed by atoms with van der Waals surface area (Å²) in [6.45, 7) is 6.40. The van der Waals surface area contributed by atoms with Gasteiger partial charge in [-0.2, -0.15) is 0 Å². The lowest BCUT2D eigenvalue weighted by Crippen LogP contribution is -2.54. The van der Waals surface area contributed by atoms with E-state index in [-0.39, 0.29) is 0 Å². The van der Waals surface area contributed by atoms with E-state index in [0.29, 0.717) is 12.1 Å². The Morgan fingerprint density at radius 2 is 2.14 bits per heavy atom. The first-order valence-corrected chi connectivity index (χ1v) is 7.29. The molecule has 110 valence electrons. The third kappa shape index (κ3) is 1.80. The van der Waals surface area contributed by atoms with E-state index in [0.717, 1.165) is 35.6 Å². The van der Waals surface area contributed by atoms with Gasteiger partial charge >= 0.3 is 0 Å². The first-order chi connectivity index (χ1) is 10.1. The number of imidazole rings is 1. The summed E-state index contributed by atoms with van der Waals surface area (Å²) >= 11 is 0. The number of anilines is 1. The minimum absolute atomic E-state index is 0.428. The molecule has 0 unspecified atom stereocenters. The van der Waals surface area contributed by atoms with E-state index in [1.165, 1.54) is 0 Å². The molecule has 3 aromatic rings. The third-order valence-electron chi connectivity index (χ3n) is 4.29. The third-order valence-corrected chi connectivity index (χ3v) is 4.29. The molecule has 1 N–H and O–H groups in total. The van der Waals surface area contributed by atoms with Crippen LogP contribution in [0.3, 0.4) is 0 Å². The summed E-state index contributed by atoms with van der Waals surface area (Å²) in [4.78, 5) is 7.03. The SMILES string of the molecule is C[C@@H]1CN(c2cc3nncn3c3c2ncn3C)[C@@H](C)CN1. The number of nitrogens with one attached hydrogen (secondary N) is 1. The van der Waals surface area contributed by atoms with Crippen LogP contribution in [0.15, 0.2) is 18.7 Å². The van der Waals surface area contributed by atoms with Crippen molar-refractivity contribution in [2.45, 2.75) is 25.9 Å². The smallest absolute Gasteiger partial charge is 0.164 e. The van der Waals surface area contributed by atoms with Crippen LogP contribution in [0.5, 0.6) is 0 Å². The molecule has 4 heterocycles. The molecule has 0 spiro atoms. The summed E-state index contributed by atoms with van der Waals surface area (Å²) < 4.78 is 4.01. The number of rotatable bonds is 1. The Morgan fingerprint density at radius 1 is 1.29 bits per heavy atom. The predicted octanol–water partition coefficient (Wildman–Crippen LogP) is 0.803. The molecule has 0 aromatic carbocycles. The van der Waals surface area contributed by atoms with Gasteiger partial charge in [0.15, 0.2) is 5.65 Å². The van der Waals surface area contributed by atoms with E-state index in [9.17, 15) is 0 Å². The number of hydrogen-bond acceptors (Lipinski definition) is 5. The van der Waals surface area contributed by atoms with Crippen LogP contribution in [0.25, 0.3) is 16.8 Å². The van der Waals surface area contributed by atoms with Gasteiger partial charge in [0, 0.05) is 38.3 Å². The van der Waals surface area contributed by atoms with E-state index in [1.807, 2.05) is 22.3 Å². The number of aromatic nitrogens is 5. The Labute approximate surface area is 122 Å². The van der Waals surface area contributed by atoms with Crippen LogP contribution in [-0.4, -0.2) is 49.3 Å². The molecule has 0 bridgehead atoms. The average molecular weight is 285 g/mol. The van der Waals surface area contributed by atoms with Gasteiger partial charge in [-0.1, -0.05) is 0 Å². The number of pyridine rings is 1. The number of hydrogen-bond donors (Lipinski definition) is 1. The maximum absolute atomic E-state index is 4.61. The number of nitrogens with zero attached hydrogens (tertiary/aromatic N) is 6. The van der Waals surface area contributed by atoms with Crippen molar-refractivity contribution in [3.63, 3.8) is 0 Å². The molecule has 1 aliphatic heterocycles. The van der Waals surface area contributed by atoms with Crippen molar-refractivity contribution in [3.8, 4) is 0 Å². The highest BCUT2D eigenvalue weighted by atomic mass is 15.3. The maximum atomic E-state index is 4.61. The highest BCUT2D eigenvalue weighted by molar-refractivity contribution is 5.90. The molecule has 0 radical (unpaired) electrons. The summed E-state index contributed by atoms with van der Waals surface area (Å²) in [6, 6.07) is 2.99. The molecule has 7 nitrogen and oxygen atoms in total. The maximum Gasteiger partial charge on any atom is 0.164 e. The largest absolute Gasteiger partial charge is 0.364 e. The van der Waals surface area contributed by atoms with Crippen molar-refractivity contribution in [2.24, 2.45) is 7.05 Å². The van der Waals surface area contributed by atoms with Gasteiger partial charge in [0.1, 0.15) is 17.5 Å². The zero-order valence-corrected chi connectivity index (χ0v) is 12.5. The van der Waals surface area contributed by atoms with Gasteiger partial charge in [-0.25, -0.2) is 4.98 Å². The normalized spacial score (nSPS) is 23.3. The standard InChI is InChI=1S/C14H19N7/c1-9-6-20(10(2)5-15-9)11-4-12-18-17-8-21(12)14-13(11)16-7-19(14)3/h4,7-10,15H,5-6H2,1-3H3/t9-,10+/m1/s1. The van der Waals surface area contributed by atoms with E-state index in [1.54, 1.807) is 6.33 Å². The summed E-state index contributed by atoms with van der Waals surface area (Å²) in [5, 5.41) is 11.8. The molecule has 0 amide bonds. The zero-order valence-electron chi connectivity index (χ0n) is 12.5. The fraction of sp³-hybridized carbons (Fsp3) is 0.500. The lowest BCUT2D eigenvalue weighted by Gasteiger charge is -2.39. The van der Waals surface area contributed by atoms with Gasteiger partial charge < -0.3 is 14.8 Å². The van der Waals surface area contributed by atoms with E-state index in [4.69, 9.17) is 0 Å². The Kier molecular flexibility index (Phi) is 2.65. The van der Waals surface area contributed by atoms with Gasteiger partial charge in [-0.05, 0) is 13.8 Å². The Bertz CT molecular complexity index is 802. The molecule has 0 aliphatic carbocycles. The van der Waals surface area contributed by atoms with Crippen molar-refractivity contribution >= 4 is 22.5 Å². The fourth-order valence-corrected chi connectivity index (χ4v) is 3.16. The first-order valence-electron chi connectivity index (χ1n) is 7.29. The topological polar surface area (TPSA) is 63.3 Å². The average Bonchev–Trinajstić information content (AvgIpc) is 3.07. The van der Waals surface area contributed by atoms with Gasteiger partial charge in [0.05, 0.1) is 12.0 Å². The molecule has 1 saturated heterocycles. The van der Waals surface area contributed by atoms with Gasteiger partial charge in [-0.3, -0.25) is 4.40 Å². The second-order valence-corrected chi connectivity index (χ2v) is 5.93. The lowest BCUT2D eigenvalue weighted by atomic mass is 10.1. The van der Waals surface area contributed by atoms with Crippen molar-refractivity contribution < 1.29 is 0 Å². The van der Waals surface area contributed by atoms with Crippen molar-refractivity contribution in [1.82, 2.24) is 29.5 Å². The summed E-state index contributed by atoms with van der Waals surface area (Å²) in [5.74, 6) is 0. The van der Waals surface area contributed by atoms with E-state index in [2.05, 4.69) is 45.3 Å². The molecule has 7 heteroatoms. The van der Waals surface area contributed by atoms with Crippen molar-refractivity contribution in [2.75, 3.05) is 18.0 Å². The highest BCUT2D eigenvalue weighted by Crippen LogP contribution is 2.29. The van der Waals surface area contributed by atoms with E-state index >= 15 is 0 Å². The zero-order chi connectivity index (χ0) is 14.6. The fourth-order valence-electron chi connectivity index (χ4n) is 3.16. The van der Waals surface area contributed by atoms with Crippen LogP contribution in [0.2, 0.25) is 0 Å². The molecular weight excluding hydrogens is 266 g/mol. The number of aryl methyl sites for hydroxylation is 1. The summed E-state index contributed by atoms with van der Waals surface area (Å²) in [6.07, 6.45) is 3.59. The molecule has 1 aliphatic rings. The number of piperazine rings is 1. The van der Waals surface area contributed by atoms with Crippen LogP contribution in [0, 0.1) is 0 Å². The molecule has 3 aromatic heterocycles. The van der Waals surface area contributed by atoms with Crippen LogP contribution >= 0.6 is 0 Å². The molecular formula is C14H19N7. The van der Waals surface area contributed by atoms with Crippen LogP contribution in [0.4, 0.5) is 5.69 Å². The Hall–Kier alpha value is -2.15. The van der Waals surface area contributed by atoms with Gasteiger partial charge in [0.2, 0.25) is 0 Å². The van der Waals surface area contributed by atoms with Crippen LogP contribution in [0.1, 0.15) is 13.8 Å². The van der Waals surface area contributed by atoms with E-state index < -0.39 is 0 Å². The van der Waals surface area contributed by atoms with Crippen LogP contribution < -0.4 is 10.2 Å². The van der Waals surface area contributed by atoms with Crippen LogP contribution in [-0.2, 0) is 7.05 Å². The predicted molar refractivity (Wildman–Crippen MR) is 81.5 cm³/mol. The number of fused-ring (bicyclic) bond motifs is 3. The highest BCUT2D eigenvalue weighted by Gasteiger charge is 2.26. The molecule has 2 atom stereocenters. The molecule has 0 saturated carbocycles. The van der Waals surface area contributed by atoms with Crippen molar-refractivity contribution in [1.29, 1.82) is 0 Å². The Balaban J connectivity index is 1.97. The van der Waals surface area contributed by atoms with Gasteiger partial charge in [0.25, 0.3) is 0 Å². The quantitative estimate of drug-likeness (QED) is 0.716. The minimum atomic E-state index is 0.428. The monoisotopic (exact) mass is 285 g/mol. The van der Waals surface area contributed by atoms with Crippen molar-refractivity contribution in [3.05, 3.63) is 18.7 Å². The summed E-state index contributed by atoms with van der Waals surface area (Å²) in [5.41, 5.74) is 4.04. The second-order valence-electron chi connectivity index (χ2n) is 5.93. The van der Waals surface area contributed by atoms with Gasteiger partial charge in [-0.15, -0.1) is 10.2 Å². The minimum Gasteiger partial charge on any atom is -0.364 e. The molecule has 1 fully saturated rings. The molecule has 21 heavy (non-hydrogen) atoms. The first kappa shape index (κ1) is 12.6.